The first-order valence-corrected chi connectivity index (χ1v) is 19.8. The fourth-order valence-electron chi connectivity index (χ4n) is 6.87. The Kier molecular flexibility index (Phi) is 14.6. The van der Waals surface area contributed by atoms with Crippen molar-refractivity contribution in [2.24, 2.45) is 0 Å². The Morgan fingerprint density at radius 1 is 0.683 bits per heavy atom. The van der Waals surface area contributed by atoms with E-state index in [1.54, 1.807) is 50.2 Å². The molecule has 18 heteroatoms. The smallest absolute Gasteiger partial charge is 0.325 e. The molecule has 14 nitrogen and oxygen atoms in total. The Hall–Kier alpha value is -5.36. The van der Waals surface area contributed by atoms with Gasteiger partial charge in [0.15, 0.2) is 13.2 Å². The van der Waals surface area contributed by atoms with Gasteiger partial charge in [-0.2, -0.15) is 0 Å². The predicted octanol–water partition coefficient (Wildman–Crippen LogP) is 4.75. The highest BCUT2D eigenvalue weighted by Gasteiger charge is 2.31. The maximum absolute atomic E-state index is 16.1. The second-order valence-electron chi connectivity index (χ2n) is 13.5. The molecule has 6 rings (SSSR count). The number of carbonyl (C=O) groups is 4. The average Bonchev–Trinajstić information content (AvgIpc) is 3.23. The Balaban J connectivity index is 1.25. The fraction of sp³-hybridized carbons (Fsp3) is 0.333. The molecule has 4 N–H and O–H groups in total. The molecule has 2 aliphatic heterocycles. The number of fused-ring (bicyclic) bond motifs is 2. The molecule has 2 atom stereocenters. The minimum Gasteiger partial charge on any atom is -0.482 e. The molecule has 4 aromatic carbocycles. The highest BCUT2D eigenvalue weighted by molar-refractivity contribution is 6.39. The Bertz CT molecular complexity index is 2130. The van der Waals surface area contributed by atoms with E-state index in [1.165, 1.54) is 21.9 Å². The molecule has 0 radical (unpaired) electrons. The third kappa shape index (κ3) is 9.33. The maximum atomic E-state index is 16.1. The zero-order valence-electron chi connectivity index (χ0n) is 32.6. The summed E-state index contributed by atoms with van der Waals surface area (Å²) in [5.41, 5.74) is 1.85. The number of hydrogen-bond donors (Lipinski definition) is 4. The van der Waals surface area contributed by atoms with Crippen molar-refractivity contribution < 1.29 is 57.1 Å². The summed E-state index contributed by atoms with van der Waals surface area (Å²) in [6.45, 7) is 2.08. The molecule has 0 saturated carbocycles. The van der Waals surface area contributed by atoms with Crippen molar-refractivity contribution in [2.45, 2.75) is 25.9 Å². The number of aliphatic hydroxyl groups is 2. The van der Waals surface area contributed by atoms with E-state index >= 15 is 8.78 Å². The van der Waals surface area contributed by atoms with Crippen LogP contribution in [0.25, 0.3) is 33.4 Å². The van der Waals surface area contributed by atoms with Gasteiger partial charge in [-0.05, 0) is 26.0 Å². The van der Waals surface area contributed by atoms with Crippen LogP contribution in [0.4, 0.5) is 20.2 Å². The van der Waals surface area contributed by atoms with Gasteiger partial charge < -0.3 is 49.6 Å². The van der Waals surface area contributed by atoms with Crippen LogP contribution in [0.2, 0.25) is 10.0 Å². The molecule has 2 aliphatic rings. The molecule has 0 aromatic heterocycles. The molecule has 0 bridgehead atoms. The number of halogens is 4. The zero-order chi connectivity index (χ0) is 43.1. The number of benzene rings is 4. The van der Waals surface area contributed by atoms with E-state index in [1.807, 2.05) is 0 Å². The number of nitrogens with zero attached hydrogens (tertiary/aromatic N) is 2. The van der Waals surface area contributed by atoms with Crippen LogP contribution in [0.1, 0.15) is 13.8 Å². The number of ether oxygens (including phenoxy) is 4. The molecule has 2 heterocycles. The van der Waals surface area contributed by atoms with Crippen molar-refractivity contribution in [1.29, 1.82) is 0 Å². The number of amides is 2. The van der Waals surface area contributed by atoms with Crippen LogP contribution in [0, 0.1) is 11.6 Å². The number of nitrogens with one attached hydrogen (secondary N) is 2. The first kappa shape index (κ1) is 44.2. The quantitative estimate of drug-likeness (QED) is 0.107. The van der Waals surface area contributed by atoms with Gasteiger partial charge in [-0.25, -0.2) is 8.78 Å². The van der Waals surface area contributed by atoms with Crippen LogP contribution >= 0.6 is 23.2 Å². The monoisotopic (exact) mass is 870 g/mol. The van der Waals surface area contributed by atoms with Crippen LogP contribution in [0.15, 0.2) is 60.7 Å². The molecule has 60 heavy (non-hydrogen) atoms. The Morgan fingerprint density at radius 2 is 1.05 bits per heavy atom. The normalized spacial score (nSPS) is 14.5. The molecule has 318 valence electrons. The topological polar surface area (TPSA) is 176 Å². The summed E-state index contributed by atoms with van der Waals surface area (Å²) in [6.07, 6.45) is 0. The Morgan fingerprint density at radius 3 is 1.40 bits per heavy atom. The highest BCUT2D eigenvalue weighted by atomic mass is 35.5. The molecule has 4 aromatic rings. The van der Waals surface area contributed by atoms with E-state index < -0.39 is 60.7 Å². The summed E-state index contributed by atoms with van der Waals surface area (Å²) in [5.74, 6) is -3.16. The molecule has 0 unspecified atom stereocenters. The number of anilines is 2. The van der Waals surface area contributed by atoms with Gasteiger partial charge in [0.2, 0.25) is 0 Å². The van der Waals surface area contributed by atoms with Crippen molar-refractivity contribution in [2.75, 3.05) is 75.6 Å². The summed E-state index contributed by atoms with van der Waals surface area (Å²) in [6, 6.07) is 13.1. The first-order chi connectivity index (χ1) is 28.9. The first-order valence-electron chi connectivity index (χ1n) is 19.1. The average molecular weight is 872 g/mol. The van der Waals surface area contributed by atoms with Crippen LogP contribution < -0.4 is 29.9 Å². The minimum atomic E-state index is -1.00. The van der Waals surface area contributed by atoms with Gasteiger partial charge >= 0.3 is 11.9 Å². The van der Waals surface area contributed by atoms with Crippen molar-refractivity contribution in [3.63, 3.8) is 0 Å². The van der Waals surface area contributed by atoms with E-state index in [-0.39, 0.29) is 108 Å². The number of aliphatic hydroxyl groups excluding tert-OH is 2. The van der Waals surface area contributed by atoms with Crippen molar-refractivity contribution in [3.8, 4) is 44.9 Å². The lowest BCUT2D eigenvalue weighted by molar-refractivity contribution is -0.147. The predicted molar refractivity (Wildman–Crippen MR) is 219 cm³/mol. The minimum absolute atomic E-state index is 0.0319. The second kappa shape index (κ2) is 19.8. The van der Waals surface area contributed by atoms with Crippen molar-refractivity contribution in [1.82, 2.24) is 10.6 Å². The van der Waals surface area contributed by atoms with Gasteiger partial charge in [-0.3, -0.25) is 19.2 Å². The summed E-state index contributed by atoms with van der Waals surface area (Å²) < 4.78 is 53.4. The largest absolute Gasteiger partial charge is 0.482 e. The molecular formula is C42H42Cl2F2N4O10. The maximum Gasteiger partial charge on any atom is 0.325 e. The number of hydrogen-bond acceptors (Lipinski definition) is 12. The van der Waals surface area contributed by atoms with Gasteiger partial charge in [0.05, 0.1) is 47.8 Å². The third-order valence-electron chi connectivity index (χ3n) is 9.81. The van der Waals surface area contributed by atoms with Gasteiger partial charge in [0.1, 0.15) is 35.2 Å². The Labute approximate surface area is 353 Å². The molecule has 0 spiro atoms. The van der Waals surface area contributed by atoms with Gasteiger partial charge in [-0.15, -0.1) is 0 Å². The summed E-state index contributed by atoms with van der Waals surface area (Å²) in [5, 5.41) is 25.1. The van der Waals surface area contributed by atoms with E-state index in [0.29, 0.717) is 11.1 Å². The summed E-state index contributed by atoms with van der Waals surface area (Å²) >= 11 is 14.0. The fourth-order valence-corrected chi connectivity index (χ4v) is 7.53. The third-order valence-corrected chi connectivity index (χ3v) is 10.6. The lowest BCUT2D eigenvalue weighted by Gasteiger charge is -2.30. The van der Waals surface area contributed by atoms with Crippen LogP contribution in [0.3, 0.4) is 0 Å². The standard InChI is InChI=1S/C42H42Cl2F2N4O10/c1-3-57-41(55)31(19-51)47-11-13-49-33-17-29(45)27(15-35(33)59-21-37(49)53)25-9-5-7-23(39(25)43)24-8-6-10-26(40(24)44)28-16-36-34(18-30(28)46)50(38(54)22-60-36)14-12-48-32(20-52)42(56)58-4-2/h5-10,15-18,31-32,47-48,51-52H,3-4,11-14,19-22H2,1-2H3/t31-,32-/m0/s1. The van der Waals surface area contributed by atoms with E-state index in [4.69, 9.17) is 42.1 Å². The molecule has 0 aliphatic carbocycles. The van der Waals surface area contributed by atoms with Crippen molar-refractivity contribution >= 4 is 58.3 Å². The van der Waals surface area contributed by atoms with Crippen LogP contribution in [-0.4, -0.2) is 112 Å². The van der Waals surface area contributed by atoms with E-state index in [9.17, 15) is 29.4 Å². The zero-order valence-corrected chi connectivity index (χ0v) is 34.1. The van der Waals surface area contributed by atoms with Gasteiger partial charge in [-0.1, -0.05) is 59.6 Å². The van der Waals surface area contributed by atoms with Crippen LogP contribution in [0.5, 0.6) is 11.5 Å². The van der Waals surface area contributed by atoms with E-state index in [2.05, 4.69) is 10.6 Å². The van der Waals surface area contributed by atoms with Crippen LogP contribution in [-0.2, 0) is 28.7 Å². The molecular weight excluding hydrogens is 829 g/mol. The molecule has 2 amide bonds. The lowest BCUT2D eigenvalue weighted by Crippen LogP contribution is -2.47. The number of carbonyl (C=O) groups excluding carboxylic acids is 4. The molecule has 0 fully saturated rings. The number of rotatable bonds is 17. The SMILES string of the molecule is CCOC(=O)[C@H](CO)NCCN1C(=O)COc2cc(-c3cccc(-c4cccc(-c5cc6c(cc5F)N(CCN[C@@H](CO)C(=O)OCC)C(=O)CO6)c4Cl)c3Cl)c(F)cc21. The summed E-state index contributed by atoms with van der Waals surface area (Å²) in [4.78, 5) is 52.5. The van der Waals surface area contributed by atoms with Gasteiger partial charge in [0.25, 0.3) is 11.8 Å². The lowest BCUT2D eigenvalue weighted by atomic mass is 9.94. The van der Waals surface area contributed by atoms with Gasteiger partial charge in [0, 0.05) is 71.7 Å². The second-order valence-corrected chi connectivity index (χ2v) is 14.2. The van der Waals surface area contributed by atoms with E-state index in [0.717, 1.165) is 12.1 Å². The highest BCUT2D eigenvalue weighted by Crippen LogP contribution is 2.46. The number of esters is 2. The van der Waals surface area contributed by atoms with Crippen molar-refractivity contribution in [3.05, 3.63) is 82.3 Å². The summed E-state index contributed by atoms with van der Waals surface area (Å²) in [7, 11) is 0. The molecule has 0 saturated heterocycles.